The molecule has 2 atom stereocenters. The van der Waals surface area contributed by atoms with Gasteiger partial charge in [-0.3, -0.25) is 9.59 Å². The molecule has 11 heavy (non-hydrogen) atoms. The average molecular weight is 161 g/mol. The van der Waals surface area contributed by atoms with Crippen LogP contribution in [-0.2, 0) is 14.3 Å². The summed E-state index contributed by atoms with van der Waals surface area (Å²) in [4.78, 5) is 20.9. The topological polar surface area (TPSA) is 89.6 Å². The van der Waals surface area contributed by atoms with Crippen molar-refractivity contribution in [1.82, 2.24) is 0 Å². The lowest BCUT2D eigenvalue weighted by Crippen LogP contribution is -2.40. The number of carboxylic acid groups (broad SMARTS) is 1. The molecule has 0 aromatic heterocycles. The van der Waals surface area contributed by atoms with E-state index in [2.05, 4.69) is 4.74 Å². The van der Waals surface area contributed by atoms with Crippen LogP contribution in [0.4, 0.5) is 0 Å². The summed E-state index contributed by atoms with van der Waals surface area (Å²) in [6.07, 6.45) is 0. The van der Waals surface area contributed by atoms with Crippen molar-refractivity contribution in [3.8, 4) is 0 Å². The highest BCUT2D eigenvalue weighted by Gasteiger charge is 2.26. The number of hydrogen-bond donors (Lipinski definition) is 2. The second-order valence-electron chi connectivity index (χ2n) is 2.18. The van der Waals surface area contributed by atoms with Crippen molar-refractivity contribution in [2.45, 2.75) is 13.0 Å². The van der Waals surface area contributed by atoms with E-state index in [9.17, 15) is 9.59 Å². The van der Waals surface area contributed by atoms with Gasteiger partial charge in [0.25, 0.3) is 0 Å². The fourth-order valence-corrected chi connectivity index (χ4v) is 0.546. The third-order valence-electron chi connectivity index (χ3n) is 1.40. The number of carbonyl (C=O) groups excluding carboxylic acids is 1. The van der Waals surface area contributed by atoms with E-state index in [1.54, 1.807) is 0 Å². The smallest absolute Gasteiger partial charge is 0.321 e. The van der Waals surface area contributed by atoms with Crippen molar-refractivity contribution in [2.24, 2.45) is 11.7 Å². The van der Waals surface area contributed by atoms with Crippen LogP contribution >= 0.6 is 0 Å². The normalized spacial score (nSPS) is 15.2. The fourth-order valence-electron chi connectivity index (χ4n) is 0.546. The van der Waals surface area contributed by atoms with Crippen LogP contribution in [0.15, 0.2) is 0 Å². The van der Waals surface area contributed by atoms with Crippen LogP contribution in [-0.4, -0.2) is 30.2 Å². The minimum Gasteiger partial charge on any atom is -0.480 e. The summed E-state index contributed by atoms with van der Waals surface area (Å²) in [7, 11) is 1.19. The van der Waals surface area contributed by atoms with E-state index in [-0.39, 0.29) is 0 Å². The molecule has 0 unspecified atom stereocenters. The van der Waals surface area contributed by atoms with E-state index >= 15 is 0 Å². The molecule has 0 saturated heterocycles. The van der Waals surface area contributed by atoms with E-state index in [1.807, 2.05) is 0 Å². The van der Waals surface area contributed by atoms with E-state index in [1.165, 1.54) is 14.0 Å². The zero-order chi connectivity index (χ0) is 9.02. The summed E-state index contributed by atoms with van der Waals surface area (Å²) >= 11 is 0. The molecule has 0 spiro atoms. The average Bonchev–Trinajstić information content (AvgIpc) is 2.00. The first-order valence-electron chi connectivity index (χ1n) is 3.07. The largest absolute Gasteiger partial charge is 0.480 e. The maximum Gasteiger partial charge on any atom is 0.321 e. The molecule has 64 valence electrons. The number of rotatable bonds is 3. The second kappa shape index (κ2) is 3.92. The lowest BCUT2D eigenvalue weighted by Gasteiger charge is -2.12. The van der Waals surface area contributed by atoms with E-state index in [4.69, 9.17) is 10.8 Å². The van der Waals surface area contributed by atoms with Crippen LogP contribution < -0.4 is 5.73 Å². The van der Waals surface area contributed by atoms with Crippen LogP contribution in [0.2, 0.25) is 0 Å². The van der Waals surface area contributed by atoms with Crippen molar-refractivity contribution in [2.75, 3.05) is 7.11 Å². The third-order valence-corrected chi connectivity index (χ3v) is 1.40. The maximum absolute atomic E-state index is 10.7. The molecule has 0 saturated carbocycles. The van der Waals surface area contributed by atoms with E-state index in [0.29, 0.717) is 0 Å². The van der Waals surface area contributed by atoms with Gasteiger partial charge in [0.2, 0.25) is 0 Å². The number of esters is 1. The summed E-state index contributed by atoms with van der Waals surface area (Å²) in [5.74, 6) is -2.62. The van der Waals surface area contributed by atoms with Crippen molar-refractivity contribution in [3.05, 3.63) is 0 Å². The van der Waals surface area contributed by atoms with Gasteiger partial charge in [-0.05, 0) is 6.92 Å². The Hall–Kier alpha value is -1.10. The minimum atomic E-state index is -1.21. The number of carboxylic acids is 1. The Labute approximate surface area is 64.1 Å². The Kier molecular flexibility index (Phi) is 3.53. The molecule has 5 heteroatoms. The van der Waals surface area contributed by atoms with Gasteiger partial charge in [-0.15, -0.1) is 0 Å². The quantitative estimate of drug-likeness (QED) is 0.529. The lowest BCUT2D eigenvalue weighted by molar-refractivity contribution is -0.151. The Morgan fingerprint density at radius 2 is 2.00 bits per heavy atom. The number of carbonyl (C=O) groups is 2. The van der Waals surface area contributed by atoms with Crippen LogP contribution in [0, 0.1) is 5.92 Å². The van der Waals surface area contributed by atoms with Crippen molar-refractivity contribution < 1.29 is 19.4 Å². The first-order valence-corrected chi connectivity index (χ1v) is 3.07. The molecule has 0 aliphatic carbocycles. The van der Waals surface area contributed by atoms with Gasteiger partial charge in [-0.25, -0.2) is 0 Å². The molecule has 0 heterocycles. The molecule has 0 fully saturated rings. The Morgan fingerprint density at radius 3 is 2.27 bits per heavy atom. The highest BCUT2D eigenvalue weighted by Crippen LogP contribution is 2.02. The van der Waals surface area contributed by atoms with Gasteiger partial charge in [0.15, 0.2) is 0 Å². The molecule has 5 nitrogen and oxygen atoms in total. The third kappa shape index (κ3) is 2.55. The SMILES string of the molecule is COC(=O)[C@H](C)[C@H](N)C(=O)O. The molecule has 0 amide bonds. The lowest BCUT2D eigenvalue weighted by atomic mass is 10.0. The Balaban J connectivity index is 4.12. The molecule has 0 bridgehead atoms. The summed E-state index contributed by atoms with van der Waals surface area (Å²) in [6.45, 7) is 1.41. The first-order chi connectivity index (χ1) is 5.00. The summed E-state index contributed by atoms with van der Waals surface area (Å²) in [5.41, 5.74) is 5.14. The zero-order valence-electron chi connectivity index (χ0n) is 6.40. The first kappa shape index (κ1) is 9.90. The number of nitrogens with two attached hydrogens (primary N) is 1. The number of methoxy groups -OCH3 is 1. The molecule has 3 N–H and O–H groups in total. The summed E-state index contributed by atoms with van der Waals surface area (Å²) < 4.78 is 4.30. The Bertz CT molecular complexity index is 168. The van der Waals surface area contributed by atoms with Crippen LogP contribution in [0.25, 0.3) is 0 Å². The monoisotopic (exact) mass is 161 g/mol. The van der Waals surface area contributed by atoms with E-state index < -0.39 is 23.9 Å². The van der Waals surface area contributed by atoms with Gasteiger partial charge < -0.3 is 15.6 Å². The van der Waals surface area contributed by atoms with Gasteiger partial charge in [-0.1, -0.05) is 0 Å². The van der Waals surface area contributed by atoms with Gasteiger partial charge >= 0.3 is 11.9 Å². The molecule has 0 aliphatic rings. The van der Waals surface area contributed by atoms with Gasteiger partial charge in [0.1, 0.15) is 6.04 Å². The number of aliphatic carboxylic acids is 1. The van der Waals surface area contributed by atoms with E-state index in [0.717, 1.165) is 0 Å². The second-order valence-corrected chi connectivity index (χ2v) is 2.18. The molecule has 0 radical (unpaired) electrons. The summed E-state index contributed by atoms with van der Waals surface area (Å²) in [6, 6.07) is -1.19. The molecular formula is C6H11NO4. The standard InChI is InChI=1S/C6H11NO4/c1-3(6(10)11-2)4(7)5(8)9/h3-4H,7H2,1-2H3,(H,8,9)/t3-,4+/m1/s1. The highest BCUT2D eigenvalue weighted by atomic mass is 16.5. The molecular weight excluding hydrogens is 150 g/mol. The van der Waals surface area contributed by atoms with Gasteiger partial charge in [0, 0.05) is 0 Å². The maximum atomic E-state index is 10.7. The van der Waals surface area contributed by atoms with Crippen molar-refractivity contribution >= 4 is 11.9 Å². The molecule has 0 aromatic carbocycles. The van der Waals surface area contributed by atoms with Crippen molar-refractivity contribution in [3.63, 3.8) is 0 Å². The molecule has 0 aliphatic heterocycles. The molecule has 0 rings (SSSR count). The predicted octanol–water partition coefficient (Wildman–Crippen LogP) is -0.793. The minimum absolute atomic E-state index is 0.611. The summed E-state index contributed by atoms with van der Waals surface area (Å²) in [5, 5.41) is 8.36. The van der Waals surface area contributed by atoms with Gasteiger partial charge in [0.05, 0.1) is 13.0 Å². The number of hydrogen-bond acceptors (Lipinski definition) is 4. The van der Waals surface area contributed by atoms with Crippen LogP contribution in [0.5, 0.6) is 0 Å². The van der Waals surface area contributed by atoms with Crippen LogP contribution in [0.3, 0.4) is 0 Å². The van der Waals surface area contributed by atoms with Crippen LogP contribution in [0.1, 0.15) is 6.92 Å². The number of ether oxygens (including phenoxy) is 1. The fraction of sp³-hybridized carbons (Fsp3) is 0.667. The Morgan fingerprint density at radius 1 is 1.55 bits per heavy atom. The molecule has 0 aromatic rings. The highest BCUT2D eigenvalue weighted by molar-refractivity contribution is 5.82. The van der Waals surface area contributed by atoms with Crippen molar-refractivity contribution in [1.29, 1.82) is 0 Å². The predicted molar refractivity (Wildman–Crippen MR) is 36.8 cm³/mol. The zero-order valence-corrected chi connectivity index (χ0v) is 6.40. The van der Waals surface area contributed by atoms with Gasteiger partial charge in [-0.2, -0.15) is 0 Å².